The molecule has 0 bridgehead atoms. The number of phenols is 1. The summed E-state index contributed by atoms with van der Waals surface area (Å²) in [5.41, 5.74) is 4.55. The Kier molecular flexibility index (Phi) is 6.79. The fourth-order valence-electron chi connectivity index (χ4n) is 3.55. The molecule has 3 N–H and O–H groups in total. The number of oxazole rings is 1. The normalized spacial score (nSPS) is 10.8. The van der Waals surface area contributed by atoms with Crippen LogP contribution in [-0.2, 0) is 6.42 Å². The van der Waals surface area contributed by atoms with Crippen molar-refractivity contribution in [1.29, 1.82) is 0 Å². The number of rotatable bonds is 6. The van der Waals surface area contributed by atoms with Gasteiger partial charge in [0, 0.05) is 11.3 Å². The van der Waals surface area contributed by atoms with Gasteiger partial charge in [-0.15, -0.1) is 0 Å². The Hall–Kier alpha value is -3.91. The molecule has 0 aliphatic heterocycles. The van der Waals surface area contributed by atoms with E-state index in [0.29, 0.717) is 46.2 Å². The second-order valence-electron chi connectivity index (χ2n) is 7.73. The summed E-state index contributed by atoms with van der Waals surface area (Å²) in [6.45, 7) is 6.23. The first kappa shape index (κ1) is 23.3. The van der Waals surface area contributed by atoms with Gasteiger partial charge < -0.3 is 19.6 Å². The molecule has 0 aliphatic carbocycles. The molecule has 0 saturated carbocycles. The zero-order chi connectivity index (χ0) is 24.2. The summed E-state index contributed by atoms with van der Waals surface area (Å²) >= 11 is 5.34. The Morgan fingerprint density at radius 1 is 1.15 bits per heavy atom. The summed E-state index contributed by atoms with van der Waals surface area (Å²) < 4.78 is 11.3. The zero-order valence-corrected chi connectivity index (χ0v) is 20.0. The third-order valence-corrected chi connectivity index (χ3v) is 5.49. The van der Waals surface area contributed by atoms with Crippen LogP contribution in [0.5, 0.6) is 11.5 Å². The van der Waals surface area contributed by atoms with Crippen molar-refractivity contribution in [3.8, 4) is 23.0 Å². The summed E-state index contributed by atoms with van der Waals surface area (Å²) in [5.74, 6) is 0.614. The van der Waals surface area contributed by atoms with Gasteiger partial charge in [0.05, 0.1) is 12.2 Å². The highest BCUT2D eigenvalue weighted by Gasteiger charge is 2.17. The lowest BCUT2D eigenvalue weighted by Gasteiger charge is -2.13. The van der Waals surface area contributed by atoms with Crippen LogP contribution in [0.15, 0.2) is 59.0 Å². The molecule has 4 aromatic rings. The number of amides is 1. The van der Waals surface area contributed by atoms with Crippen LogP contribution in [0.1, 0.15) is 35.3 Å². The molecule has 174 valence electrons. The molecule has 3 aromatic carbocycles. The van der Waals surface area contributed by atoms with Gasteiger partial charge in [-0.2, -0.15) is 0 Å². The van der Waals surface area contributed by atoms with Crippen LogP contribution >= 0.6 is 12.2 Å². The van der Waals surface area contributed by atoms with Crippen LogP contribution in [-0.4, -0.2) is 27.7 Å². The summed E-state index contributed by atoms with van der Waals surface area (Å²) in [4.78, 5) is 17.2. The molecule has 4 rings (SSSR count). The molecule has 1 aromatic heterocycles. The average molecular weight is 476 g/mol. The third kappa shape index (κ3) is 5.02. The Balaban J connectivity index is 1.54. The fourth-order valence-corrected chi connectivity index (χ4v) is 3.76. The minimum Gasteiger partial charge on any atom is -0.507 e. The lowest BCUT2D eigenvalue weighted by atomic mass is 10.1. The van der Waals surface area contributed by atoms with Gasteiger partial charge in [0.1, 0.15) is 17.0 Å². The van der Waals surface area contributed by atoms with E-state index in [9.17, 15) is 9.90 Å². The standard InChI is InChI=1S/C26H25N3O4S/c1-4-16-9-10-22-21(12-16)28-25(33-22)20-14-18(11-15(3)23(20)30)27-26(34)29-24(31)17-7-6-8-19(13-17)32-5-2/h6-14,30H,4-5H2,1-3H3,(H2,27,29,31,34). The largest absolute Gasteiger partial charge is 0.507 e. The molecular formula is C26H25N3O4S. The maximum atomic E-state index is 12.6. The molecule has 0 fully saturated rings. The number of nitrogens with zero attached hydrogens (tertiary/aromatic N) is 1. The summed E-state index contributed by atoms with van der Waals surface area (Å²) in [6, 6.07) is 16.1. The number of carbonyl (C=O) groups is 1. The molecule has 7 nitrogen and oxygen atoms in total. The van der Waals surface area contributed by atoms with E-state index in [4.69, 9.17) is 21.4 Å². The van der Waals surface area contributed by atoms with Crippen molar-refractivity contribution in [1.82, 2.24) is 10.3 Å². The number of aryl methyl sites for hydroxylation is 2. The highest BCUT2D eigenvalue weighted by atomic mass is 32.1. The Labute approximate surface area is 202 Å². The van der Waals surface area contributed by atoms with Gasteiger partial charge >= 0.3 is 0 Å². The maximum Gasteiger partial charge on any atom is 0.257 e. The van der Waals surface area contributed by atoms with Crippen molar-refractivity contribution in [2.24, 2.45) is 0 Å². The highest BCUT2D eigenvalue weighted by Crippen LogP contribution is 2.36. The summed E-state index contributed by atoms with van der Waals surface area (Å²) in [7, 11) is 0. The number of ether oxygens (including phenoxy) is 1. The van der Waals surface area contributed by atoms with Crippen LogP contribution in [0.2, 0.25) is 0 Å². The SMILES string of the molecule is CCOc1cccc(C(=O)NC(=S)Nc2cc(C)c(O)c(-c3nc4cc(CC)ccc4o3)c2)c1. The smallest absolute Gasteiger partial charge is 0.257 e. The van der Waals surface area contributed by atoms with E-state index < -0.39 is 0 Å². The lowest BCUT2D eigenvalue weighted by molar-refractivity contribution is 0.0977. The second kappa shape index (κ2) is 9.93. The number of benzene rings is 3. The quantitative estimate of drug-likeness (QED) is 0.247. The summed E-state index contributed by atoms with van der Waals surface area (Å²) in [6.07, 6.45) is 0.890. The van der Waals surface area contributed by atoms with Gasteiger partial charge in [-0.05, 0) is 86.1 Å². The molecule has 34 heavy (non-hydrogen) atoms. The minimum absolute atomic E-state index is 0.0653. The van der Waals surface area contributed by atoms with E-state index >= 15 is 0 Å². The van der Waals surface area contributed by atoms with Crippen LogP contribution in [0.4, 0.5) is 5.69 Å². The fraction of sp³-hybridized carbons (Fsp3) is 0.192. The number of carbonyl (C=O) groups excluding carboxylic acids is 1. The van der Waals surface area contributed by atoms with Crippen molar-refractivity contribution in [3.05, 3.63) is 71.3 Å². The van der Waals surface area contributed by atoms with Crippen molar-refractivity contribution in [3.63, 3.8) is 0 Å². The minimum atomic E-state index is -0.361. The number of aromatic hydroxyl groups is 1. The molecule has 0 aliphatic rings. The third-order valence-electron chi connectivity index (χ3n) is 5.28. The lowest BCUT2D eigenvalue weighted by Crippen LogP contribution is -2.34. The number of hydrogen-bond donors (Lipinski definition) is 3. The first-order chi connectivity index (χ1) is 16.4. The van der Waals surface area contributed by atoms with Crippen molar-refractivity contribution in [2.75, 3.05) is 11.9 Å². The van der Waals surface area contributed by atoms with Gasteiger partial charge in [-0.1, -0.05) is 19.1 Å². The number of hydrogen-bond acceptors (Lipinski definition) is 6. The van der Waals surface area contributed by atoms with Gasteiger partial charge in [-0.3, -0.25) is 10.1 Å². The van der Waals surface area contributed by atoms with Gasteiger partial charge in [0.2, 0.25) is 5.89 Å². The van der Waals surface area contributed by atoms with Crippen LogP contribution in [0.3, 0.4) is 0 Å². The molecule has 0 saturated heterocycles. The van der Waals surface area contributed by atoms with E-state index in [0.717, 1.165) is 17.5 Å². The van der Waals surface area contributed by atoms with Crippen LogP contribution < -0.4 is 15.4 Å². The molecular weight excluding hydrogens is 450 g/mol. The number of phenolic OH excluding ortho intramolecular Hbond substituents is 1. The Morgan fingerprint density at radius 3 is 2.74 bits per heavy atom. The maximum absolute atomic E-state index is 12.6. The monoisotopic (exact) mass is 475 g/mol. The zero-order valence-electron chi connectivity index (χ0n) is 19.1. The molecule has 8 heteroatoms. The Bertz CT molecular complexity index is 1380. The Morgan fingerprint density at radius 2 is 1.97 bits per heavy atom. The van der Waals surface area contributed by atoms with E-state index in [1.165, 1.54) is 0 Å². The number of thiocarbonyl (C=S) groups is 1. The average Bonchev–Trinajstić information content (AvgIpc) is 3.24. The highest BCUT2D eigenvalue weighted by molar-refractivity contribution is 7.80. The second-order valence-corrected chi connectivity index (χ2v) is 8.14. The van der Waals surface area contributed by atoms with Crippen molar-refractivity contribution < 1.29 is 19.1 Å². The van der Waals surface area contributed by atoms with Crippen molar-refractivity contribution in [2.45, 2.75) is 27.2 Å². The van der Waals surface area contributed by atoms with Gasteiger partial charge in [-0.25, -0.2) is 4.98 Å². The van der Waals surface area contributed by atoms with E-state index in [-0.39, 0.29) is 16.8 Å². The van der Waals surface area contributed by atoms with E-state index in [1.807, 2.05) is 25.1 Å². The number of nitrogens with one attached hydrogen (secondary N) is 2. The van der Waals surface area contributed by atoms with Gasteiger partial charge in [0.15, 0.2) is 10.7 Å². The molecule has 0 unspecified atom stereocenters. The molecule has 0 atom stereocenters. The molecule has 1 amide bonds. The van der Waals surface area contributed by atoms with E-state index in [1.54, 1.807) is 43.3 Å². The first-order valence-corrected chi connectivity index (χ1v) is 11.4. The number of fused-ring (bicyclic) bond motifs is 1. The molecule has 0 spiro atoms. The van der Waals surface area contributed by atoms with Crippen molar-refractivity contribution >= 4 is 40.0 Å². The summed E-state index contributed by atoms with van der Waals surface area (Å²) in [5, 5.41) is 16.4. The predicted octanol–water partition coefficient (Wildman–Crippen LogP) is 5.60. The molecule has 0 radical (unpaired) electrons. The van der Waals surface area contributed by atoms with E-state index in [2.05, 4.69) is 22.5 Å². The molecule has 1 heterocycles. The van der Waals surface area contributed by atoms with Crippen LogP contribution in [0.25, 0.3) is 22.6 Å². The topological polar surface area (TPSA) is 96.6 Å². The van der Waals surface area contributed by atoms with Crippen LogP contribution in [0, 0.1) is 6.92 Å². The number of anilines is 1. The number of aromatic nitrogens is 1. The van der Waals surface area contributed by atoms with Gasteiger partial charge in [0.25, 0.3) is 5.91 Å². The first-order valence-electron chi connectivity index (χ1n) is 11.0. The predicted molar refractivity (Wildman–Crippen MR) is 137 cm³/mol.